The molecule has 5 heteroatoms. The summed E-state index contributed by atoms with van der Waals surface area (Å²) in [7, 11) is 1.55. The number of aliphatic carboxylic acids is 1. The number of benzene rings is 1. The molecule has 1 aromatic carbocycles. The van der Waals surface area contributed by atoms with Crippen molar-refractivity contribution < 1.29 is 18.7 Å². The third kappa shape index (κ3) is 3.27. The van der Waals surface area contributed by atoms with Crippen LogP contribution < -0.4 is 5.32 Å². The summed E-state index contributed by atoms with van der Waals surface area (Å²) in [6.45, 7) is 0. The number of hydrogen-bond acceptors (Lipinski definition) is 2. The Morgan fingerprint density at radius 3 is 2.62 bits per heavy atom. The lowest BCUT2D eigenvalue weighted by Crippen LogP contribution is -2.34. The molecule has 1 atom stereocenters. The van der Waals surface area contributed by atoms with Gasteiger partial charge in [0.25, 0.3) is 0 Å². The van der Waals surface area contributed by atoms with Gasteiger partial charge in [-0.1, -0.05) is 6.07 Å². The van der Waals surface area contributed by atoms with Crippen LogP contribution in [0.2, 0.25) is 0 Å². The van der Waals surface area contributed by atoms with Crippen LogP contribution in [0.25, 0.3) is 0 Å². The first-order valence-electron chi connectivity index (χ1n) is 4.88. The topological polar surface area (TPSA) is 49.3 Å². The fourth-order valence-corrected chi connectivity index (χ4v) is 1.40. The molecule has 0 heterocycles. The zero-order valence-electron chi connectivity index (χ0n) is 8.84. The van der Waals surface area contributed by atoms with E-state index in [0.717, 1.165) is 12.1 Å². The first kappa shape index (κ1) is 12.6. The van der Waals surface area contributed by atoms with Crippen LogP contribution in [0.3, 0.4) is 0 Å². The largest absolute Gasteiger partial charge is 0.480 e. The Balaban J connectivity index is 2.60. The van der Waals surface area contributed by atoms with Crippen molar-refractivity contribution in [2.24, 2.45) is 0 Å². The lowest BCUT2D eigenvalue weighted by molar-refractivity contribution is -0.139. The predicted octanol–water partition coefficient (Wildman–Crippen LogP) is 1.57. The van der Waals surface area contributed by atoms with Gasteiger partial charge in [0.05, 0.1) is 0 Å². The van der Waals surface area contributed by atoms with E-state index in [1.807, 2.05) is 0 Å². The van der Waals surface area contributed by atoms with Gasteiger partial charge in [-0.2, -0.15) is 0 Å². The van der Waals surface area contributed by atoms with Crippen molar-refractivity contribution in [2.75, 3.05) is 7.05 Å². The Labute approximate surface area is 92.1 Å². The van der Waals surface area contributed by atoms with Crippen LogP contribution in [-0.2, 0) is 11.2 Å². The summed E-state index contributed by atoms with van der Waals surface area (Å²) in [5.74, 6) is -2.76. The second-order valence-electron chi connectivity index (χ2n) is 3.47. The number of carboxylic acid groups (broad SMARTS) is 1. The zero-order chi connectivity index (χ0) is 12.1. The number of halogens is 2. The monoisotopic (exact) mass is 229 g/mol. The second-order valence-corrected chi connectivity index (χ2v) is 3.47. The number of carboxylic acids is 1. The van der Waals surface area contributed by atoms with E-state index in [2.05, 4.69) is 5.32 Å². The molecule has 0 aliphatic carbocycles. The Morgan fingerprint density at radius 1 is 1.44 bits per heavy atom. The molecule has 0 saturated carbocycles. The molecule has 0 saturated heterocycles. The molecule has 1 unspecified atom stereocenters. The number of aryl methyl sites for hydroxylation is 1. The molecule has 0 aromatic heterocycles. The molecule has 2 N–H and O–H groups in total. The van der Waals surface area contributed by atoms with Gasteiger partial charge in [-0.3, -0.25) is 4.79 Å². The van der Waals surface area contributed by atoms with Crippen LogP contribution in [-0.4, -0.2) is 24.2 Å². The summed E-state index contributed by atoms with van der Waals surface area (Å²) in [5, 5.41) is 11.4. The van der Waals surface area contributed by atoms with E-state index in [1.54, 1.807) is 7.05 Å². The van der Waals surface area contributed by atoms with E-state index in [-0.39, 0.29) is 0 Å². The van der Waals surface area contributed by atoms with E-state index in [4.69, 9.17) is 5.11 Å². The standard InChI is InChI=1S/C11H13F2NO2/c1-14-10(11(15)16)5-3-7-2-4-8(12)9(13)6-7/h2,4,6,10,14H,3,5H2,1H3,(H,15,16). The number of likely N-dealkylation sites (N-methyl/N-ethyl adjacent to an activating group) is 1. The third-order valence-electron chi connectivity index (χ3n) is 2.35. The van der Waals surface area contributed by atoms with Gasteiger partial charge in [-0.15, -0.1) is 0 Å². The Kier molecular flexibility index (Phi) is 4.37. The number of hydrogen-bond donors (Lipinski definition) is 2. The Morgan fingerprint density at radius 2 is 2.12 bits per heavy atom. The SMILES string of the molecule is CNC(CCc1ccc(F)c(F)c1)C(=O)O. The predicted molar refractivity (Wildman–Crippen MR) is 55.2 cm³/mol. The molecule has 0 aliphatic heterocycles. The van der Waals surface area contributed by atoms with E-state index in [1.165, 1.54) is 6.07 Å². The highest BCUT2D eigenvalue weighted by Crippen LogP contribution is 2.11. The van der Waals surface area contributed by atoms with Crippen LogP contribution in [0.1, 0.15) is 12.0 Å². The summed E-state index contributed by atoms with van der Waals surface area (Å²) in [6, 6.07) is 2.91. The smallest absolute Gasteiger partial charge is 0.320 e. The van der Waals surface area contributed by atoms with E-state index in [0.29, 0.717) is 18.4 Å². The molecule has 0 bridgehead atoms. The maximum atomic E-state index is 12.8. The zero-order valence-corrected chi connectivity index (χ0v) is 8.84. The minimum absolute atomic E-state index is 0.330. The summed E-state index contributed by atoms with van der Waals surface area (Å²) in [6.07, 6.45) is 0.714. The lowest BCUT2D eigenvalue weighted by atomic mass is 10.1. The lowest BCUT2D eigenvalue weighted by Gasteiger charge is -2.10. The average molecular weight is 229 g/mol. The van der Waals surface area contributed by atoms with Crippen molar-refractivity contribution in [1.29, 1.82) is 0 Å². The van der Waals surface area contributed by atoms with E-state index in [9.17, 15) is 13.6 Å². The van der Waals surface area contributed by atoms with Crippen molar-refractivity contribution in [2.45, 2.75) is 18.9 Å². The first-order chi connectivity index (χ1) is 7.54. The van der Waals surface area contributed by atoms with Crippen molar-refractivity contribution in [3.8, 4) is 0 Å². The molecule has 0 spiro atoms. The van der Waals surface area contributed by atoms with E-state index < -0.39 is 23.6 Å². The van der Waals surface area contributed by atoms with Gasteiger partial charge in [-0.05, 0) is 37.6 Å². The fraction of sp³-hybridized carbons (Fsp3) is 0.364. The first-order valence-corrected chi connectivity index (χ1v) is 4.88. The highest BCUT2D eigenvalue weighted by atomic mass is 19.2. The second kappa shape index (κ2) is 5.55. The summed E-state index contributed by atoms with van der Waals surface area (Å²) in [5.41, 5.74) is 0.584. The van der Waals surface area contributed by atoms with Crippen LogP contribution in [0.5, 0.6) is 0 Å². The molecule has 1 rings (SSSR count). The van der Waals surface area contributed by atoms with Gasteiger partial charge in [-0.25, -0.2) is 8.78 Å². The highest BCUT2D eigenvalue weighted by Gasteiger charge is 2.14. The fourth-order valence-electron chi connectivity index (χ4n) is 1.40. The van der Waals surface area contributed by atoms with Crippen molar-refractivity contribution in [3.63, 3.8) is 0 Å². The molecular formula is C11H13F2NO2. The summed E-state index contributed by atoms with van der Waals surface area (Å²) >= 11 is 0. The molecule has 0 amide bonds. The minimum Gasteiger partial charge on any atom is -0.480 e. The van der Waals surface area contributed by atoms with Crippen molar-refractivity contribution in [3.05, 3.63) is 35.4 Å². The van der Waals surface area contributed by atoms with Gasteiger partial charge in [0.2, 0.25) is 0 Å². The number of carbonyl (C=O) groups is 1. The highest BCUT2D eigenvalue weighted by molar-refractivity contribution is 5.73. The van der Waals surface area contributed by atoms with Crippen LogP contribution in [0, 0.1) is 11.6 Å². The quantitative estimate of drug-likeness (QED) is 0.805. The molecule has 0 radical (unpaired) electrons. The van der Waals surface area contributed by atoms with Gasteiger partial charge in [0.1, 0.15) is 6.04 Å². The number of rotatable bonds is 5. The van der Waals surface area contributed by atoms with Crippen LogP contribution >= 0.6 is 0 Å². The Bertz CT molecular complexity index is 382. The van der Waals surface area contributed by atoms with Crippen molar-refractivity contribution >= 4 is 5.97 Å². The minimum atomic E-state index is -0.954. The molecule has 16 heavy (non-hydrogen) atoms. The molecule has 3 nitrogen and oxygen atoms in total. The maximum Gasteiger partial charge on any atom is 0.320 e. The molecule has 1 aromatic rings. The molecular weight excluding hydrogens is 216 g/mol. The van der Waals surface area contributed by atoms with Gasteiger partial charge < -0.3 is 10.4 Å². The average Bonchev–Trinajstić information content (AvgIpc) is 2.23. The van der Waals surface area contributed by atoms with Gasteiger partial charge >= 0.3 is 5.97 Å². The van der Waals surface area contributed by atoms with Crippen LogP contribution in [0.15, 0.2) is 18.2 Å². The molecule has 0 fully saturated rings. The van der Waals surface area contributed by atoms with Crippen molar-refractivity contribution in [1.82, 2.24) is 5.32 Å². The summed E-state index contributed by atoms with van der Waals surface area (Å²) in [4.78, 5) is 10.7. The van der Waals surface area contributed by atoms with E-state index >= 15 is 0 Å². The van der Waals surface area contributed by atoms with Gasteiger partial charge in [0.15, 0.2) is 11.6 Å². The van der Waals surface area contributed by atoms with Gasteiger partial charge in [0, 0.05) is 0 Å². The molecule has 0 aliphatic rings. The Hall–Kier alpha value is -1.49. The maximum absolute atomic E-state index is 12.8. The third-order valence-corrected chi connectivity index (χ3v) is 2.35. The molecule has 88 valence electrons. The van der Waals surface area contributed by atoms with Crippen LogP contribution in [0.4, 0.5) is 8.78 Å². The summed E-state index contributed by atoms with van der Waals surface area (Å²) < 4.78 is 25.4. The number of nitrogens with one attached hydrogen (secondary N) is 1. The normalized spacial score (nSPS) is 12.4.